The number of hydrogen-bond donors (Lipinski definition) is 2. The van der Waals surface area contributed by atoms with E-state index in [9.17, 15) is 18.3 Å². The van der Waals surface area contributed by atoms with Crippen molar-refractivity contribution in [3.63, 3.8) is 0 Å². The third kappa shape index (κ3) is 4.72. The third-order valence-corrected chi connectivity index (χ3v) is 5.65. The van der Waals surface area contributed by atoms with E-state index in [0.717, 1.165) is 5.56 Å². The fourth-order valence-electron chi connectivity index (χ4n) is 2.89. The van der Waals surface area contributed by atoms with Crippen molar-refractivity contribution in [2.45, 2.75) is 11.3 Å². The molecular formula is C21H21N3O4S. The van der Waals surface area contributed by atoms with Crippen LogP contribution in [0.1, 0.15) is 27.2 Å². The summed E-state index contributed by atoms with van der Waals surface area (Å²) in [6.45, 7) is 0. The molecule has 29 heavy (non-hydrogen) atoms. The van der Waals surface area contributed by atoms with E-state index in [2.05, 4.69) is 9.38 Å². The number of aromatic amines is 1. The molecule has 0 aliphatic rings. The zero-order valence-corrected chi connectivity index (χ0v) is 16.8. The highest BCUT2D eigenvalue weighted by Crippen LogP contribution is 2.24. The van der Waals surface area contributed by atoms with Crippen molar-refractivity contribution < 1.29 is 18.3 Å². The number of rotatable bonds is 6. The highest BCUT2D eigenvalue weighted by atomic mass is 32.2. The van der Waals surface area contributed by atoms with Crippen LogP contribution >= 0.6 is 0 Å². The molecule has 0 amide bonds. The molecule has 0 saturated carbocycles. The van der Waals surface area contributed by atoms with Gasteiger partial charge in [-0.3, -0.25) is 0 Å². The minimum absolute atomic E-state index is 0.109. The summed E-state index contributed by atoms with van der Waals surface area (Å²) in [6, 6.07) is 16.9. The largest absolute Gasteiger partial charge is 0.478 e. The molecular weight excluding hydrogens is 390 g/mol. The monoisotopic (exact) mass is 411 g/mol. The molecule has 3 rings (SSSR count). The molecule has 0 fully saturated rings. The Kier molecular flexibility index (Phi) is 5.84. The van der Waals surface area contributed by atoms with Crippen molar-refractivity contribution in [3.8, 4) is 0 Å². The van der Waals surface area contributed by atoms with Crippen LogP contribution in [-0.2, 0) is 16.4 Å². The van der Waals surface area contributed by atoms with Gasteiger partial charge in [0.05, 0.1) is 16.2 Å². The van der Waals surface area contributed by atoms with Crippen molar-refractivity contribution in [2.75, 3.05) is 14.1 Å². The molecule has 2 aromatic carbocycles. The maximum absolute atomic E-state index is 13.2. The number of carboxylic acid groups (broad SMARTS) is 1. The Morgan fingerprint density at radius 3 is 2.38 bits per heavy atom. The quantitative estimate of drug-likeness (QED) is 0.479. The summed E-state index contributed by atoms with van der Waals surface area (Å²) in [7, 11) is -0.798. The van der Waals surface area contributed by atoms with Crippen LogP contribution < -0.4 is 0 Å². The lowest BCUT2D eigenvalue weighted by Gasteiger charge is -2.15. The molecule has 1 heterocycles. The number of sulfonamides is 1. The fourth-order valence-corrected chi connectivity index (χ4v) is 4.23. The Morgan fingerprint density at radius 1 is 1.07 bits per heavy atom. The molecule has 2 N–H and O–H groups in total. The number of hydrogen-bond acceptors (Lipinski definition) is 3. The average molecular weight is 411 g/mol. The minimum atomic E-state index is -4.17. The third-order valence-electron chi connectivity index (χ3n) is 4.30. The Balaban J connectivity index is 2.14. The number of H-pyrrole nitrogens is 1. The molecule has 0 radical (unpaired) electrons. The first-order valence-corrected chi connectivity index (χ1v) is 10.3. The fraction of sp³-hybridized carbons (Fsp3) is 0.143. The molecule has 8 heteroatoms. The summed E-state index contributed by atoms with van der Waals surface area (Å²) in [5, 5.41) is 9.33. The van der Waals surface area contributed by atoms with Gasteiger partial charge in [-0.15, -0.1) is 4.40 Å². The zero-order valence-electron chi connectivity index (χ0n) is 16.0. The van der Waals surface area contributed by atoms with Crippen LogP contribution in [0.5, 0.6) is 0 Å². The zero-order chi connectivity index (χ0) is 21.0. The number of aromatic carboxylic acids is 1. The second-order valence-corrected chi connectivity index (χ2v) is 8.23. The summed E-state index contributed by atoms with van der Waals surface area (Å²) >= 11 is 0. The van der Waals surface area contributed by atoms with E-state index in [1.807, 2.05) is 30.3 Å². The number of amidine groups is 1. The lowest BCUT2D eigenvalue weighted by molar-refractivity contribution is 0.0696. The Labute approximate surface area is 169 Å². The summed E-state index contributed by atoms with van der Waals surface area (Å²) in [6.07, 6.45) is 2.01. The van der Waals surface area contributed by atoms with Gasteiger partial charge in [0, 0.05) is 20.3 Å². The molecule has 0 atom stereocenters. The van der Waals surface area contributed by atoms with Gasteiger partial charge in [-0.05, 0) is 41.8 Å². The van der Waals surface area contributed by atoms with Crippen LogP contribution in [0.3, 0.4) is 0 Å². The summed E-state index contributed by atoms with van der Waals surface area (Å²) < 4.78 is 30.4. The second-order valence-electron chi connectivity index (χ2n) is 6.66. The van der Waals surface area contributed by atoms with E-state index in [-0.39, 0.29) is 16.3 Å². The summed E-state index contributed by atoms with van der Waals surface area (Å²) in [4.78, 5) is 15.8. The molecule has 0 aliphatic carbocycles. The van der Waals surface area contributed by atoms with Crippen molar-refractivity contribution >= 4 is 21.8 Å². The molecule has 7 nitrogen and oxygen atoms in total. The molecule has 1 aromatic heterocycles. The second kappa shape index (κ2) is 8.32. The van der Waals surface area contributed by atoms with Gasteiger partial charge >= 0.3 is 5.97 Å². The number of nitrogens with zero attached hydrogens (tertiary/aromatic N) is 2. The molecule has 0 unspecified atom stereocenters. The van der Waals surface area contributed by atoms with Crippen LogP contribution in [0.4, 0.5) is 0 Å². The van der Waals surface area contributed by atoms with Crippen molar-refractivity contribution in [1.29, 1.82) is 0 Å². The van der Waals surface area contributed by atoms with Crippen LogP contribution in [0.2, 0.25) is 0 Å². The lowest BCUT2D eigenvalue weighted by atomic mass is 10.0. The molecule has 0 bridgehead atoms. The number of aromatic nitrogens is 1. The Morgan fingerprint density at radius 2 is 1.79 bits per heavy atom. The van der Waals surface area contributed by atoms with E-state index >= 15 is 0 Å². The molecule has 150 valence electrons. The predicted octanol–water partition coefficient (Wildman–Crippen LogP) is 3.00. The standard InChI is InChI=1S/C21H21N3O4S/c1-24(2)20(18-9-6-12-22-18)23-29(27,28)19-14-17(21(25)26)11-10-16(19)13-15-7-4-3-5-8-15/h3-12,14,22H,13H2,1-2H3,(H,25,26). The normalized spacial score (nSPS) is 12.0. The van der Waals surface area contributed by atoms with E-state index in [0.29, 0.717) is 17.7 Å². The van der Waals surface area contributed by atoms with Gasteiger partial charge in [-0.2, -0.15) is 8.42 Å². The van der Waals surface area contributed by atoms with E-state index in [4.69, 9.17) is 0 Å². The smallest absolute Gasteiger partial charge is 0.335 e. The first-order valence-electron chi connectivity index (χ1n) is 8.84. The van der Waals surface area contributed by atoms with Gasteiger partial charge < -0.3 is 15.0 Å². The van der Waals surface area contributed by atoms with E-state index in [1.54, 1.807) is 37.3 Å². The van der Waals surface area contributed by atoms with Gasteiger partial charge in [-0.1, -0.05) is 36.4 Å². The maximum atomic E-state index is 13.2. The topological polar surface area (TPSA) is 103 Å². The summed E-state index contributed by atoms with van der Waals surface area (Å²) in [5.74, 6) is -0.977. The van der Waals surface area contributed by atoms with Crippen molar-refractivity contribution in [2.24, 2.45) is 4.40 Å². The van der Waals surface area contributed by atoms with Crippen LogP contribution in [0.25, 0.3) is 0 Å². The molecule has 0 saturated heterocycles. The van der Waals surface area contributed by atoms with E-state index < -0.39 is 16.0 Å². The Hall–Kier alpha value is -3.39. The van der Waals surface area contributed by atoms with Gasteiger partial charge in [0.2, 0.25) is 0 Å². The SMILES string of the molecule is CN(C)C(=NS(=O)(=O)c1cc(C(=O)O)ccc1Cc1ccccc1)c1ccc[nH]1. The van der Waals surface area contributed by atoms with Gasteiger partial charge in [-0.25, -0.2) is 4.79 Å². The van der Waals surface area contributed by atoms with Gasteiger partial charge in [0.25, 0.3) is 10.0 Å². The molecule has 0 aliphatic heterocycles. The number of carboxylic acids is 1. The van der Waals surface area contributed by atoms with Crippen molar-refractivity contribution in [1.82, 2.24) is 9.88 Å². The summed E-state index contributed by atoms with van der Waals surface area (Å²) in [5.41, 5.74) is 1.82. The molecule has 0 spiro atoms. The Bertz CT molecular complexity index is 1140. The van der Waals surface area contributed by atoms with Crippen LogP contribution in [-0.4, -0.2) is 49.3 Å². The van der Waals surface area contributed by atoms with Gasteiger partial charge in [0.1, 0.15) is 0 Å². The first kappa shape index (κ1) is 20.3. The first-order chi connectivity index (χ1) is 13.8. The number of benzene rings is 2. The minimum Gasteiger partial charge on any atom is -0.478 e. The lowest BCUT2D eigenvalue weighted by Crippen LogP contribution is -2.25. The predicted molar refractivity (Wildman–Crippen MR) is 111 cm³/mol. The number of carbonyl (C=O) groups is 1. The number of nitrogens with one attached hydrogen (secondary N) is 1. The maximum Gasteiger partial charge on any atom is 0.335 e. The molecule has 3 aromatic rings. The average Bonchev–Trinajstić information content (AvgIpc) is 3.21. The van der Waals surface area contributed by atoms with Crippen LogP contribution in [0, 0.1) is 0 Å². The van der Waals surface area contributed by atoms with Crippen molar-refractivity contribution in [3.05, 3.63) is 89.2 Å². The highest BCUT2D eigenvalue weighted by molar-refractivity contribution is 7.90. The van der Waals surface area contributed by atoms with E-state index in [1.165, 1.54) is 18.2 Å². The van der Waals surface area contributed by atoms with Gasteiger partial charge in [0.15, 0.2) is 5.84 Å². The highest BCUT2D eigenvalue weighted by Gasteiger charge is 2.23. The van der Waals surface area contributed by atoms with Crippen LogP contribution in [0.15, 0.2) is 76.2 Å².